The normalized spacial score (nSPS) is 12.5. The zero-order valence-corrected chi connectivity index (χ0v) is 14.9. The highest BCUT2D eigenvalue weighted by atomic mass is 16.4. The van der Waals surface area contributed by atoms with Gasteiger partial charge in [0.15, 0.2) is 5.96 Å². The number of carbonyl (C=O) groups is 3. The first-order valence-electron chi connectivity index (χ1n) is 8.45. The summed E-state index contributed by atoms with van der Waals surface area (Å²) in [5, 5.41) is 14.3. The SMILES string of the molecule is NCC(=O)NC(CCCN=C(N)N)C(=O)NC(Cc1ccccc1)C(=O)O. The molecule has 1 aromatic carbocycles. The molecule has 1 rings (SSSR count). The maximum Gasteiger partial charge on any atom is 0.326 e. The highest BCUT2D eigenvalue weighted by Gasteiger charge is 2.26. The zero-order chi connectivity index (χ0) is 20.2. The summed E-state index contributed by atoms with van der Waals surface area (Å²) in [5.41, 5.74) is 16.5. The van der Waals surface area contributed by atoms with E-state index in [0.29, 0.717) is 6.42 Å². The number of aliphatic carboxylic acids is 1. The first-order chi connectivity index (χ1) is 12.8. The predicted molar refractivity (Wildman–Crippen MR) is 101 cm³/mol. The van der Waals surface area contributed by atoms with Gasteiger partial charge in [0, 0.05) is 13.0 Å². The summed E-state index contributed by atoms with van der Waals surface area (Å²) in [6.45, 7) is -0.0129. The molecule has 148 valence electrons. The van der Waals surface area contributed by atoms with Gasteiger partial charge in [-0.05, 0) is 18.4 Å². The maximum atomic E-state index is 12.5. The first-order valence-corrected chi connectivity index (χ1v) is 8.45. The lowest BCUT2D eigenvalue weighted by Crippen LogP contribution is -2.53. The van der Waals surface area contributed by atoms with E-state index >= 15 is 0 Å². The van der Waals surface area contributed by atoms with E-state index in [-0.39, 0.29) is 31.9 Å². The molecule has 10 heteroatoms. The van der Waals surface area contributed by atoms with Crippen molar-refractivity contribution in [2.24, 2.45) is 22.2 Å². The predicted octanol–water partition coefficient (Wildman–Crippen LogP) is -1.70. The zero-order valence-electron chi connectivity index (χ0n) is 14.9. The van der Waals surface area contributed by atoms with Crippen molar-refractivity contribution in [1.29, 1.82) is 0 Å². The lowest BCUT2D eigenvalue weighted by atomic mass is 10.0. The van der Waals surface area contributed by atoms with Crippen LogP contribution in [0.5, 0.6) is 0 Å². The average Bonchev–Trinajstić information content (AvgIpc) is 2.63. The van der Waals surface area contributed by atoms with Gasteiger partial charge in [-0.25, -0.2) is 4.79 Å². The van der Waals surface area contributed by atoms with Crippen molar-refractivity contribution in [2.75, 3.05) is 13.1 Å². The third kappa shape index (κ3) is 8.68. The second-order valence-corrected chi connectivity index (χ2v) is 5.86. The fraction of sp³-hybridized carbons (Fsp3) is 0.412. The van der Waals surface area contributed by atoms with Crippen LogP contribution in [0.1, 0.15) is 18.4 Å². The fourth-order valence-corrected chi connectivity index (χ4v) is 2.35. The van der Waals surface area contributed by atoms with Gasteiger partial charge in [-0.15, -0.1) is 0 Å². The van der Waals surface area contributed by atoms with Gasteiger partial charge in [0.25, 0.3) is 0 Å². The smallest absolute Gasteiger partial charge is 0.326 e. The van der Waals surface area contributed by atoms with Gasteiger partial charge in [0.2, 0.25) is 11.8 Å². The molecule has 0 aromatic heterocycles. The molecular weight excluding hydrogens is 352 g/mol. The molecule has 0 aliphatic carbocycles. The molecule has 0 heterocycles. The largest absolute Gasteiger partial charge is 0.480 e. The van der Waals surface area contributed by atoms with Crippen LogP contribution in [0.3, 0.4) is 0 Å². The second-order valence-electron chi connectivity index (χ2n) is 5.86. The van der Waals surface area contributed by atoms with Crippen molar-refractivity contribution in [1.82, 2.24) is 10.6 Å². The number of nitrogens with zero attached hydrogens (tertiary/aromatic N) is 1. The Morgan fingerprint density at radius 2 is 1.74 bits per heavy atom. The van der Waals surface area contributed by atoms with Crippen LogP contribution >= 0.6 is 0 Å². The van der Waals surface area contributed by atoms with Gasteiger partial charge in [-0.3, -0.25) is 14.6 Å². The molecule has 2 atom stereocenters. The number of hydrogen-bond acceptors (Lipinski definition) is 5. The van der Waals surface area contributed by atoms with Crippen LogP contribution in [0.4, 0.5) is 0 Å². The Morgan fingerprint density at radius 3 is 2.30 bits per heavy atom. The third-order valence-electron chi connectivity index (χ3n) is 3.68. The minimum atomic E-state index is -1.17. The van der Waals surface area contributed by atoms with Crippen molar-refractivity contribution >= 4 is 23.7 Å². The van der Waals surface area contributed by atoms with Crippen molar-refractivity contribution in [3.63, 3.8) is 0 Å². The van der Waals surface area contributed by atoms with Gasteiger partial charge in [-0.2, -0.15) is 0 Å². The van der Waals surface area contributed by atoms with Crippen LogP contribution in [0, 0.1) is 0 Å². The molecule has 0 aliphatic heterocycles. The van der Waals surface area contributed by atoms with E-state index in [0.717, 1.165) is 5.56 Å². The van der Waals surface area contributed by atoms with Gasteiger partial charge in [-0.1, -0.05) is 30.3 Å². The minimum Gasteiger partial charge on any atom is -0.480 e. The topological polar surface area (TPSA) is 186 Å². The van der Waals surface area contributed by atoms with E-state index in [1.807, 2.05) is 6.07 Å². The second kappa shape index (κ2) is 11.5. The molecule has 0 aliphatic rings. The van der Waals surface area contributed by atoms with Gasteiger partial charge in [0.05, 0.1) is 6.54 Å². The lowest BCUT2D eigenvalue weighted by molar-refractivity contribution is -0.142. The quantitative estimate of drug-likeness (QED) is 0.150. The molecule has 0 saturated heterocycles. The Labute approximate surface area is 157 Å². The summed E-state index contributed by atoms with van der Waals surface area (Å²) in [7, 11) is 0. The molecule has 0 bridgehead atoms. The number of guanidine groups is 1. The van der Waals surface area contributed by atoms with E-state index in [9.17, 15) is 19.5 Å². The molecule has 2 unspecified atom stereocenters. The van der Waals surface area contributed by atoms with Crippen LogP contribution in [0.15, 0.2) is 35.3 Å². The molecule has 10 nitrogen and oxygen atoms in total. The van der Waals surface area contributed by atoms with Crippen molar-refractivity contribution in [2.45, 2.75) is 31.3 Å². The monoisotopic (exact) mass is 378 g/mol. The molecule has 2 amide bonds. The summed E-state index contributed by atoms with van der Waals surface area (Å²) in [4.78, 5) is 39.4. The van der Waals surface area contributed by atoms with Crippen molar-refractivity contribution in [3.8, 4) is 0 Å². The van der Waals surface area contributed by atoms with Crippen molar-refractivity contribution < 1.29 is 19.5 Å². The Bertz CT molecular complexity index is 661. The summed E-state index contributed by atoms with van der Waals surface area (Å²) < 4.78 is 0. The van der Waals surface area contributed by atoms with E-state index in [4.69, 9.17) is 17.2 Å². The molecule has 27 heavy (non-hydrogen) atoms. The number of hydrogen-bond donors (Lipinski definition) is 6. The van der Waals surface area contributed by atoms with Gasteiger partial charge in [0.1, 0.15) is 12.1 Å². The van der Waals surface area contributed by atoms with Crippen LogP contribution in [-0.2, 0) is 20.8 Å². The minimum absolute atomic E-state index is 0.0733. The third-order valence-corrected chi connectivity index (χ3v) is 3.68. The molecule has 9 N–H and O–H groups in total. The highest BCUT2D eigenvalue weighted by Crippen LogP contribution is 2.05. The van der Waals surface area contributed by atoms with E-state index in [2.05, 4.69) is 15.6 Å². The van der Waals surface area contributed by atoms with Gasteiger partial charge < -0.3 is 32.9 Å². The van der Waals surface area contributed by atoms with E-state index in [1.54, 1.807) is 24.3 Å². The standard InChI is InChI=1S/C17H26N6O4/c18-10-14(24)22-12(7-4-8-21-17(19)20)15(25)23-13(16(26)27)9-11-5-2-1-3-6-11/h1-3,5-6,12-13H,4,7-10,18H2,(H,22,24)(H,23,25)(H,26,27)(H4,19,20,21). The highest BCUT2D eigenvalue weighted by molar-refractivity contribution is 5.90. The van der Waals surface area contributed by atoms with Crippen LogP contribution in [0.2, 0.25) is 0 Å². The Balaban J connectivity index is 2.76. The Hall–Kier alpha value is -3.14. The van der Waals surface area contributed by atoms with Crippen molar-refractivity contribution in [3.05, 3.63) is 35.9 Å². The first kappa shape index (κ1) is 21.9. The van der Waals surface area contributed by atoms with E-state index < -0.39 is 29.9 Å². The number of aliphatic imine (C=N–C) groups is 1. The molecule has 0 radical (unpaired) electrons. The number of carboxylic acids is 1. The number of rotatable bonds is 11. The lowest BCUT2D eigenvalue weighted by Gasteiger charge is -2.21. The fourth-order valence-electron chi connectivity index (χ4n) is 2.35. The van der Waals surface area contributed by atoms with Crippen LogP contribution in [-0.4, -0.2) is 54.0 Å². The number of amides is 2. The summed E-state index contributed by atoms with van der Waals surface area (Å²) in [5.74, 6) is -2.37. The molecule has 1 aromatic rings. The number of benzene rings is 1. The number of carboxylic acid groups (broad SMARTS) is 1. The molecule has 0 spiro atoms. The number of nitrogens with one attached hydrogen (secondary N) is 2. The summed E-state index contributed by atoms with van der Waals surface area (Å²) >= 11 is 0. The Kier molecular flexibility index (Phi) is 9.30. The summed E-state index contributed by atoms with van der Waals surface area (Å²) in [6, 6.07) is 6.85. The number of carbonyl (C=O) groups excluding carboxylic acids is 2. The molecular formula is C17H26N6O4. The van der Waals surface area contributed by atoms with Crippen LogP contribution < -0.4 is 27.8 Å². The number of nitrogens with two attached hydrogens (primary N) is 3. The summed E-state index contributed by atoms with van der Waals surface area (Å²) in [6.07, 6.45) is 0.761. The van der Waals surface area contributed by atoms with Gasteiger partial charge >= 0.3 is 5.97 Å². The average molecular weight is 378 g/mol. The van der Waals surface area contributed by atoms with Crippen LogP contribution in [0.25, 0.3) is 0 Å². The maximum absolute atomic E-state index is 12.5. The van der Waals surface area contributed by atoms with E-state index in [1.165, 1.54) is 0 Å². The Morgan fingerprint density at radius 1 is 1.07 bits per heavy atom. The molecule has 0 saturated carbocycles. The molecule has 0 fully saturated rings.